The monoisotopic (exact) mass is 279 g/mol. The van der Waals surface area contributed by atoms with E-state index in [-0.39, 0.29) is 11.8 Å². The normalized spacial score (nSPS) is 24.9. The van der Waals surface area contributed by atoms with Gasteiger partial charge in [-0.2, -0.15) is 0 Å². The molecule has 20 heavy (non-hydrogen) atoms. The van der Waals surface area contributed by atoms with E-state index in [0.29, 0.717) is 13.0 Å². The first kappa shape index (κ1) is 15.1. The lowest BCUT2D eigenvalue weighted by molar-refractivity contribution is -0.127. The maximum Gasteiger partial charge on any atom is 0.222 e. The van der Waals surface area contributed by atoms with Crippen LogP contribution in [0.2, 0.25) is 0 Å². The topological polar surface area (TPSA) is 72.3 Å². The first-order valence-corrected chi connectivity index (χ1v) is 7.74. The second-order valence-electron chi connectivity index (χ2n) is 5.99. The van der Waals surface area contributed by atoms with Gasteiger partial charge in [0.25, 0.3) is 0 Å². The Labute approximate surface area is 120 Å². The summed E-state index contributed by atoms with van der Waals surface area (Å²) >= 11 is 0. The molecule has 2 heterocycles. The smallest absolute Gasteiger partial charge is 0.222 e. The molecule has 112 valence electrons. The third-order valence-electron chi connectivity index (χ3n) is 4.66. The molecule has 2 aliphatic heterocycles. The Morgan fingerprint density at radius 1 is 1.35 bits per heavy atom. The van der Waals surface area contributed by atoms with Gasteiger partial charge in [0.2, 0.25) is 5.91 Å². The van der Waals surface area contributed by atoms with Crippen molar-refractivity contribution in [3.05, 3.63) is 10.4 Å². The summed E-state index contributed by atoms with van der Waals surface area (Å²) in [7, 11) is 0. The molecule has 2 fully saturated rings. The molecule has 0 bridgehead atoms. The number of likely N-dealkylation sites (tertiary alicyclic amines) is 2. The van der Waals surface area contributed by atoms with Crippen LogP contribution in [-0.2, 0) is 4.79 Å². The first-order chi connectivity index (χ1) is 9.72. The van der Waals surface area contributed by atoms with Crippen molar-refractivity contribution in [1.82, 2.24) is 9.80 Å². The van der Waals surface area contributed by atoms with Gasteiger partial charge in [-0.05, 0) is 56.3 Å². The SMILES string of the molecule is CCN1CCC(CCN2CC(CN=[N+]=[N-])CC2=O)CC1. The number of hydrogen-bond donors (Lipinski definition) is 0. The van der Waals surface area contributed by atoms with Crippen molar-refractivity contribution in [2.24, 2.45) is 17.0 Å². The van der Waals surface area contributed by atoms with Crippen molar-refractivity contribution in [2.45, 2.75) is 32.6 Å². The van der Waals surface area contributed by atoms with Gasteiger partial charge in [0, 0.05) is 31.0 Å². The Balaban J connectivity index is 1.69. The number of piperidine rings is 1. The van der Waals surface area contributed by atoms with Crippen LogP contribution in [0.4, 0.5) is 0 Å². The molecule has 1 amide bonds. The van der Waals surface area contributed by atoms with E-state index >= 15 is 0 Å². The largest absolute Gasteiger partial charge is 0.342 e. The maximum absolute atomic E-state index is 11.9. The molecule has 1 atom stereocenters. The standard InChI is InChI=1S/C14H25N5O/c1-2-18-6-3-12(4-7-18)5-8-19-11-13(9-14(19)20)10-16-17-15/h12-13H,2-11H2,1H3. The average Bonchev–Trinajstić information content (AvgIpc) is 2.83. The summed E-state index contributed by atoms with van der Waals surface area (Å²) in [6.45, 7) is 7.87. The Morgan fingerprint density at radius 3 is 2.75 bits per heavy atom. The molecule has 2 aliphatic rings. The summed E-state index contributed by atoms with van der Waals surface area (Å²) < 4.78 is 0. The third-order valence-corrected chi connectivity index (χ3v) is 4.66. The highest BCUT2D eigenvalue weighted by Crippen LogP contribution is 2.23. The van der Waals surface area contributed by atoms with E-state index in [0.717, 1.165) is 32.0 Å². The molecule has 0 aromatic heterocycles. The highest BCUT2D eigenvalue weighted by atomic mass is 16.2. The summed E-state index contributed by atoms with van der Waals surface area (Å²) in [5.41, 5.74) is 8.33. The third kappa shape index (κ3) is 4.12. The van der Waals surface area contributed by atoms with Crippen LogP contribution in [0.25, 0.3) is 10.4 Å². The molecule has 0 aliphatic carbocycles. The van der Waals surface area contributed by atoms with Crippen LogP contribution in [-0.4, -0.2) is 55.0 Å². The fraction of sp³-hybridized carbons (Fsp3) is 0.929. The molecule has 0 spiro atoms. The minimum absolute atomic E-state index is 0.223. The molecule has 6 nitrogen and oxygen atoms in total. The lowest BCUT2D eigenvalue weighted by atomic mass is 9.93. The summed E-state index contributed by atoms with van der Waals surface area (Å²) in [5.74, 6) is 1.22. The lowest BCUT2D eigenvalue weighted by Gasteiger charge is -2.31. The second kappa shape index (κ2) is 7.50. The molecule has 1 unspecified atom stereocenters. The zero-order valence-electron chi connectivity index (χ0n) is 12.4. The molecule has 6 heteroatoms. The minimum atomic E-state index is 0.223. The van der Waals surface area contributed by atoms with Crippen LogP contribution in [0.1, 0.15) is 32.6 Å². The second-order valence-corrected chi connectivity index (χ2v) is 5.99. The van der Waals surface area contributed by atoms with E-state index in [1.807, 2.05) is 4.90 Å². The lowest BCUT2D eigenvalue weighted by Crippen LogP contribution is -2.35. The average molecular weight is 279 g/mol. The number of azide groups is 1. The highest BCUT2D eigenvalue weighted by molar-refractivity contribution is 5.78. The van der Waals surface area contributed by atoms with Gasteiger partial charge in [-0.1, -0.05) is 12.0 Å². The molecule has 0 aromatic rings. The van der Waals surface area contributed by atoms with E-state index in [1.54, 1.807) is 0 Å². The Bertz CT molecular complexity index is 372. The molecule has 0 N–H and O–H groups in total. The Morgan fingerprint density at radius 2 is 2.10 bits per heavy atom. The molecule has 0 radical (unpaired) electrons. The fourth-order valence-corrected chi connectivity index (χ4v) is 3.27. The number of carbonyl (C=O) groups is 1. The van der Waals surface area contributed by atoms with E-state index in [9.17, 15) is 4.79 Å². The van der Waals surface area contributed by atoms with Gasteiger partial charge < -0.3 is 9.80 Å². The predicted molar refractivity (Wildman–Crippen MR) is 78.2 cm³/mol. The Hall–Kier alpha value is -1.26. The highest BCUT2D eigenvalue weighted by Gasteiger charge is 2.29. The van der Waals surface area contributed by atoms with Crippen LogP contribution in [0.3, 0.4) is 0 Å². The maximum atomic E-state index is 11.9. The zero-order valence-corrected chi connectivity index (χ0v) is 12.4. The van der Waals surface area contributed by atoms with E-state index < -0.39 is 0 Å². The van der Waals surface area contributed by atoms with Crippen molar-refractivity contribution in [3.63, 3.8) is 0 Å². The summed E-state index contributed by atoms with van der Waals surface area (Å²) in [6, 6.07) is 0. The van der Waals surface area contributed by atoms with Crippen LogP contribution in [0, 0.1) is 11.8 Å². The predicted octanol–water partition coefficient (Wildman–Crippen LogP) is 2.27. The van der Waals surface area contributed by atoms with Gasteiger partial charge in [0.15, 0.2) is 0 Å². The van der Waals surface area contributed by atoms with Crippen LogP contribution >= 0.6 is 0 Å². The quantitative estimate of drug-likeness (QED) is 0.425. The van der Waals surface area contributed by atoms with Crippen molar-refractivity contribution in [2.75, 3.05) is 39.3 Å². The van der Waals surface area contributed by atoms with Crippen molar-refractivity contribution in [3.8, 4) is 0 Å². The van der Waals surface area contributed by atoms with Gasteiger partial charge in [0.05, 0.1) is 0 Å². The number of amides is 1. The van der Waals surface area contributed by atoms with Gasteiger partial charge in [-0.3, -0.25) is 4.79 Å². The number of hydrogen-bond acceptors (Lipinski definition) is 3. The molecule has 0 saturated carbocycles. The number of nitrogens with zero attached hydrogens (tertiary/aromatic N) is 5. The van der Waals surface area contributed by atoms with Crippen molar-refractivity contribution in [1.29, 1.82) is 0 Å². The molecule has 2 rings (SSSR count). The molecular weight excluding hydrogens is 254 g/mol. The minimum Gasteiger partial charge on any atom is -0.342 e. The van der Waals surface area contributed by atoms with Gasteiger partial charge in [0.1, 0.15) is 0 Å². The number of carbonyl (C=O) groups excluding carboxylic acids is 1. The van der Waals surface area contributed by atoms with E-state index in [1.165, 1.54) is 25.9 Å². The number of rotatable bonds is 6. The molecule has 0 aromatic carbocycles. The van der Waals surface area contributed by atoms with E-state index in [2.05, 4.69) is 21.8 Å². The molecule has 2 saturated heterocycles. The van der Waals surface area contributed by atoms with Crippen molar-refractivity contribution < 1.29 is 4.79 Å². The van der Waals surface area contributed by atoms with E-state index in [4.69, 9.17) is 5.53 Å². The van der Waals surface area contributed by atoms with Gasteiger partial charge >= 0.3 is 0 Å². The van der Waals surface area contributed by atoms with Gasteiger partial charge in [-0.25, -0.2) is 0 Å². The Kier molecular flexibility index (Phi) is 5.68. The summed E-state index contributed by atoms with van der Waals surface area (Å²) in [4.78, 5) is 19.1. The van der Waals surface area contributed by atoms with Gasteiger partial charge in [-0.15, -0.1) is 0 Å². The van der Waals surface area contributed by atoms with Crippen molar-refractivity contribution >= 4 is 5.91 Å². The summed E-state index contributed by atoms with van der Waals surface area (Å²) in [6.07, 6.45) is 4.20. The van der Waals surface area contributed by atoms with Crippen LogP contribution in [0.15, 0.2) is 5.11 Å². The first-order valence-electron chi connectivity index (χ1n) is 7.74. The fourth-order valence-electron chi connectivity index (χ4n) is 3.27. The zero-order chi connectivity index (χ0) is 14.4. The molecular formula is C14H25N5O. The summed E-state index contributed by atoms with van der Waals surface area (Å²) in [5, 5.41) is 3.59. The van der Waals surface area contributed by atoms with Crippen LogP contribution < -0.4 is 0 Å². The van der Waals surface area contributed by atoms with Crippen LogP contribution in [0.5, 0.6) is 0 Å².